The van der Waals surface area contributed by atoms with Gasteiger partial charge >= 0.3 is 0 Å². The minimum atomic E-state index is -1.51. The van der Waals surface area contributed by atoms with E-state index in [1.54, 1.807) is 0 Å². The Hall–Kier alpha value is -2.31. The first-order valence-electron chi connectivity index (χ1n) is 14.6. The van der Waals surface area contributed by atoms with Crippen LogP contribution in [0.5, 0.6) is 0 Å². The first-order valence-corrected chi connectivity index (χ1v) is 14.6. The molecule has 206 valence electrons. The van der Waals surface area contributed by atoms with Gasteiger partial charge in [-0.1, -0.05) is 96.9 Å². The number of hydrogen-bond acceptors (Lipinski definition) is 3. The van der Waals surface area contributed by atoms with Gasteiger partial charge in [-0.05, 0) is 35.5 Å². The summed E-state index contributed by atoms with van der Waals surface area (Å²) in [4.78, 5) is 0. The molecule has 0 saturated carbocycles. The third kappa shape index (κ3) is 4.72. The van der Waals surface area contributed by atoms with Gasteiger partial charge < -0.3 is 0 Å². The molecule has 0 aliphatic rings. The Bertz CT molecular complexity index is 971. The number of rotatable bonds is 10. The van der Waals surface area contributed by atoms with Crippen LogP contribution in [-0.2, 0) is 0 Å². The van der Waals surface area contributed by atoms with Crippen LogP contribution in [0, 0.1) is 0 Å². The van der Waals surface area contributed by atoms with Crippen LogP contribution in [0.25, 0.3) is 0 Å². The van der Waals surface area contributed by atoms with Crippen molar-refractivity contribution >= 4 is 22.5 Å². The summed E-state index contributed by atoms with van der Waals surface area (Å²) >= 11 is 0. The van der Waals surface area contributed by atoms with Crippen molar-refractivity contribution in [1.29, 1.82) is 0 Å². The summed E-state index contributed by atoms with van der Waals surface area (Å²) in [6, 6.07) is 0. The molecular weight excluding hydrogens is 455 g/mol. The van der Waals surface area contributed by atoms with Crippen molar-refractivity contribution in [3.05, 3.63) is 34.2 Å². The van der Waals surface area contributed by atoms with Crippen LogP contribution in [-0.4, -0.2) is 36.7 Å². The molecule has 0 unspecified atom stereocenters. The molecule has 0 bridgehead atoms. The Balaban J connectivity index is 2.78. The Morgan fingerprint density at radius 3 is 0.811 bits per heavy atom. The average Bonchev–Trinajstić information content (AvgIpc) is 3.51. The van der Waals surface area contributed by atoms with Crippen molar-refractivity contribution in [3.8, 4) is 0 Å². The molecule has 37 heavy (non-hydrogen) atoms. The largest absolute Gasteiger partial charge is 0.285 e. The van der Waals surface area contributed by atoms with E-state index in [0.717, 1.165) is 0 Å². The van der Waals surface area contributed by atoms with Crippen molar-refractivity contribution in [3.63, 3.8) is 0 Å². The van der Waals surface area contributed by atoms with E-state index in [-0.39, 0.29) is 23.6 Å². The summed E-state index contributed by atoms with van der Waals surface area (Å²) in [6.07, 6.45) is -1.51. The Labute approximate surface area is 225 Å². The fourth-order valence-corrected chi connectivity index (χ4v) is 6.65. The van der Waals surface area contributed by atoms with Gasteiger partial charge in [0, 0.05) is 34.2 Å². The van der Waals surface area contributed by atoms with E-state index in [4.69, 9.17) is 15.3 Å². The minimum absolute atomic E-state index is 0.285. The quantitative estimate of drug-likeness (QED) is 0.275. The van der Waals surface area contributed by atoms with Crippen molar-refractivity contribution in [2.75, 3.05) is 0 Å². The number of aromatic amines is 3. The van der Waals surface area contributed by atoms with E-state index in [1.807, 2.05) is 0 Å². The highest BCUT2D eigenvalue weighted by atomic mass is 15.1. The molecular formula is C30H52BN6-. The summed E-state index contributed by atoms with van der Waals surface area (Å²) in [5, 5.41) is 25.7. The van der Waals surface area contributed by atoms with Crippen molar-refractivity contribution in [2.24, 2.45) is 0 Å². The normalized spacial score (nSPS) is 13.2. The molecule has 3 rings (SSSR count). The second-order valence-corrected chi connectivity index (χ2v) is 13.4. The molecule has 7 heteroatoms. The predicted molar refractivity (Wildman–Crippen MR) is 160 cm³/mol. The Morgan fingerprint density at radius 1 is 0.405 bits per heavy atom. The zero-order valence-corrected chi connectivity index (χ0v) is 26.0. The standard InChI is InChI=1S/C30H52BN6/c1-15(2)25-22(26(16(3)4)33-32-25)31(21(13)14,23-27(17(5)6)34-35-28(23)18(7)8)24-29(19(9)10)36-37-30(24)20(11)12/h15-21H,1-14H3,(H,32,33)(H,34,35)(H,36,37)/q-1. The van der Waals surface area contributed by atoms with Gasteiger partial charge in [-0.15, -0.1) is 0 Å². The van der Waals surface area contributed by atoms with Gasteiger partial charge in [0.2, 0.25) is 0 Å². The van der Waals surface area contributed by atoms with E-state index >= 15 is 0 Å². The molecule has 6 nitrogen and oxygen atoms in total. The zero-order valence-electron chi connectivity index (χ0n) is 26.0. The van der Waals surface area contributed by atoms with E-state index in [1.165, 1.54) is 50.6 Å². The first kappa shape index (κ1) is 29.3. The van der Waals surface area contributed by atoms with Crippen molar-refractivity contribution in [2.45, 2.75) is 138 Å². The molecule has 0 aliphatic heterocycles. The second-order valence-electron chi connectivity index (χ2n) is 13.4. The van der Waals surface area contributed by atoms with Crippen LogP contribution in [0.4, 0.5) is 0 Å². The number of aromatic nitrogens is 6. The van der Waals surface area contributed by atoms with Gasteiger partial charge in [0.1, 0.15) is 0 Å². The predicted octanol–water partition coefficient (Wildman–Crippen LogP) is 6.48. The minimum Gasteiger partial charge on any atom is -0.285 e. The zero-order chi connectivity index (χ0) is 28.0. The highest BCUT2D eigenvalue weighted by Crippen LogP contribution is 2.35. The van der Waals surface area contributed by atoms with E-state index in [9.17, 15) is 0 Å². The topological polar surface area (TPSA) is 86.0 Å². The molecule has 0 fully saturated rings. The lowest BCUT2D eigenvalue weighted by Gasteiger charge is -2.49. The van der Waals surface area contributed by atoms with Gasteiger partial charge in [0.05, 0.1) is 6.15 Å². The Morgan fingerprint density at radius 2 is 0.649 bits per heavy atom. The molecule has 0 atom stereocenters. The highest BCUT2D eigenvalue weighted by Gasteiger charge is 2.46. The molecule has 3 N–H and O–H groups in total. The Kier molecular flexibility index (Phi) is 8.56. The van der Waals surface area contributed by atoms with Crippen molar-refractivity contribution < 1.29 is 0 Å². The lowest BCUT2D eigenvalue weighted by atomic mass is 9.09. The fourth-order valence-electron chi connectivity index (χ4n) is 6.65. The van der Waals surface area contributed by atoms with Crippen LogP contribution >= 0.6 is 0 Å². The summed E-state index contributed by atoms with van der Waals surface area (Å²) in [5.41, 5.74) is 11.4. The third-order valence-electron chi connectivity index (χ3n) is 8.33. The molecule has 0 aromatic carbocycles. The van der Waals surface area contributed by atoms with E-state index < -0.39 is 6.15 Å². The molecule has 0 saturated heterocycles. The highest BCUT2D eigenvalue weighted by molar-refractivity contribution is 7.13. The molecule has 0 aliphatic carbocycles. The third-order valence-corrected chi connectivity index (χ3v) is 8.33. The maximum atomic E-state index is 5.03. The number of nitrogens with zero attached hydrogens (tertiary/aromatic N) is 3. The van der Waals surface area contributed by atoms with Gasteiger partial charge in [0.25, 0.3) is 0 Å². The van der Waals surface area contributed by atoms with Crippen molar-refractivity contribution in [1.82, 2.24) is 30.6 Å². The number of hydrogen-bond donors (Lipinski definition) is 3. The smallest absolute Gasteiger partial charge is 0.0974 e. The van der Waals surface area contributed by atoms with E-state index in [2.05, 4.69) is 112 Å². The molecule has 0 amide bonds. The van der Waals surface area contributed by atoms with Gasteiger partial charge in [-0.25, -0.2) is 0 Å². The van der Waals surface area contributed by atoms with Crippen LogP contribution < -0.4 is 16.4 Å². The summed E-state index contributed by atoms with van der Waals surface area (Å²) in [5.74, 6) is 2.07. The first-order chi connectivity index (χ1) is 17.2. The molecule has 3 aromatic heterocycles. The van der Waals surface area contributed by atoms with Crippen LogP contribution in [0.15, 0.2) is 0 Å². The summed E-state index contributed by atoms with van der Waals surface area (Å²) in [6.45, 7) is 32.2. The SMILES string of the molecule is CC(C)c1n[nH]c(C(C)C)c1[B-](c1c(C(C)C)n[nH]c1C(C)C)(c1c(C(C)C)n[nH]c1C(C)C)C(C)C. The van der Waals surface area contributed by atoms with E-state index in [0.29, 0.717) is 17.8 Å². The molecule has 0 radical (unpaired) electrons. The number of nitrogens with one attached hydrogen (secondary N) is 3. The molecule has 3 aromatic rings. The fraction of sp³-hybridized carbons (Fsp3) is 0.700. The van der Waals surface area contributed by atoms with Crippen LogP contribution in [0.1, 0.15) is 167 Å². The maximum Gasteiger partial charge on any atom is 0.0974 e. The lowest BCUT2D eigenvalue weighted by molar-refractivity contribution is 0.791. The monoisotopic (exact) mass is 507 g/mol. The van der Waals surface area contributed by atoms with Gasteiger partial charge in [-0.2, -0.15) is 37.5 Å². The van der Waals surface area contributed by atoms with Crippen LogP contribution in [0.2, 0.25) is 5.82 Å². The summed E-state index contributed by atoms with van der Waals surface area (Å²) < 4.78 is 0. The van der Waals surface area contributed by atoms with Gasteiger partial charge in [0.15, 0.2) is 0 Å². The maximum absolute atomic E-state index is 5.03. The lowest BCUT2D eigenvalue weighted by Crippen LogP contribution is -2.73. The molecule has 3 heterocycles. The average molecular weight is 508 g/mol. The second kappa shape index (κ2) is 10.8. The van der Waals surface area contributed by atoms with Gasteiger partial charge in [-0.3, -0.25) is 15.3 Å². The molecule has 0 spiro atoms. The van der Waals surface area contributed by atoms with Crippen LogP contribution in [0.3, 0.4) is 0 Å². The number of H-pyrrole nitrogens is 3. The summed E-state index contributed by atoms with van der Waals surface area (Å²) in [7, 11) is 0.